The first kappa shape index (κ1) is 11.9. The first-order valence-corrected chi connectivity index (χ1v) is 6.15. The van der Waals surface area contributed by atoms with Crippen molar-refractivity contribution in [1.82, 2.24) is 4.57 Å². The van der Waals surface area contributed by atoms with E-state index in [0.29, 0.717) is 11.9 Å². The van der Waals surface area contributed by atoms with Crippen molar-refractivity contribution in [2.75, 3.05) is 0 Å². The van der Waals surface area contributed by atoms with Crippen molar-refractivity contribution in [3.05, 3.63) is 32.4 Å². The number of aromatic nitrogens is 1. The van der Waals surface area contributed by atoms with Crippen LogP contribution in [0.1, 0.15) is 27.7 Å². The minimum Gasteiger partial charge on any atom is -0.477 e. The summed E-state index contributed by atoms with van der Waals surface area (Å²) in [5, 5.41) is 9.58. The molecular weight excluding hydrogens is 238 g/mol. The van der Waals surface area contributed by atoms with Crippen LogP contribution in [-0.2, 0) is 6.54 Å². The number of carboxylic acids is 1. The van der Waals surface area contributed by atoms with E-state index in [-0.39, 0.29) is 11.0 Å². The van der Waals surface area contributed by atoms with Gasteiger partial charge in [-0.2, -0.15) is 0 Å². The summed E-state index contributed by atoms with van der Waals surface area (Å²) in [5.74, 6) is -1.16. The van der Waals surface area contributed by atoms with Gasteiger partial charge >= 0.3 is 5.97 Å². The van der Waals surface area contributed by atoms with Gasteiger partial charge in [-0.3, -0.25) is 4.79 Å². The third-order valence-corrected chi connectivity index (χ3v) is 4.20. The highest BCUT2D eigenvalue weighted by Crippen LogP contribution is 2.28. The van der Waals surface area contributed by atoms with Gasteiger partial charge in [-0.1, -0.05) is 0 Å². The van der Waals surface area contributed by atoms with Crippen molar-refractivity contribution < 1.29 is 9.90 Å². The number of fused-ring (bicyclic) bond motifs is 1. The van der Waals surface area contributed by atoms with Gasteiger partial charge in [0, 0.05) is 17.6 Å². The zero-order valence-electron chi connectivity index (χ0n) is 9.90. The number of carboxylic acid groups (broad SMARTS) is 1. The van der Waals surface area contributed by atoms with Crippen LogP contribution in [0.5, 0.6) is 0 Å². The van der Waals surface area contributed by atoms with Gasteiger partial charge in [-0.15, -0.1) is 11.3 Å². The maximum absolute atomic E-state index is 12.1. The molecule has 0 aliphatic carbocycles. The van der Waals surface area contributed by atoms with Gasteiger partial charge in [0.1, 0.15) is 10.4 Å². The Morgan fingerprint density at radius 1 is 1.47 bits per heavy atom. The molecule has 0 spiro atoms. The molecule has 0 aliphatic rings. The summed E-state index contributed by atoms with van der Waals surface area (Å²) in [6, 6.07) is 0. The molecule has 2 aromatic heterocycles. The van der Waals surface area contributed by atoms with Gasteiger partial charge in [0.2, 0.25) is 5.43 Å². The van der Waals surface area contributed by atoms with Crippen LogP contribution in [0.4, 0.5) is 0 Å². The molecule has 0 aromatic carbocycles. The summed E-state index contributed by atoms with van der Waals surface area (Å²) < 4.78 is 1.82. The van der Waals surface area contributed by atoms with Crippen LogP contribution in [-0.4, -0.2) is 15.6 Å². The largest absolute Gasteiger partial charge is 0.477 e. The van der Waals surface area contributed by atoms with E-state index >= 15 is 0 Å². The molecular formula is C12H13NO3S. The molecule has 2 heterocycles. The maximum Gasteiger partial charge on any atom is 0.341 e. The Morgan fingerprint density at radius 2 is 2.12 bits per heavy atom. The molecule has 90 valence electrons. The van der Waals surface area contributed by atoms with E-state index in [9.17, 15) is 9.59 Å². The number of rotatable bonds is 2. The first-order chi connectivity index (χ1) is 7.97. The van der Waals surface area contributed by atoms with Crippen LogP contribution in [0.3, 0.4) is 0 Å². The molecule has 0 radical (unpaired) electrons. The molecule has 4 nitrogen and oxygen atoms in total. The molecule has 2 rings (SSSR count). The molecule has 0 saturated carbocycles. The molecule has 5 heteroatoms. The average Bonchev–Trinajstić information content (AvgIpc) is 2.56. The van der Waals surface area contributed by atoms with Crippen LogP contribution in [0.2, 0.25) is 0 Å². The monoisotopic (exact) mass is 251 g/mol. The SMILES string of the molecule is CCn1cc(C(=O)O)c(=O)c2c(C)c(C)sc21. The van der Waals surface area contributed by atoms with E-state index in [1.807, 2.05) is 25.3 Å². The average molecular weight is 251 g/mol. The van der Waals surface area contributed by atoms with Crippen molar-refractivity contribution in [3.63, 3.8) is 0 Å². The summed E-state index contributed by atoms with van der Waals surface area (Å²) in [6.45, 7) is 6.39. The highest BCUT2D eigenvalue weighted by molar-refractivity contribution is 7.18. The zero-order chi connectivity index (χ0) is 12.7. The second-order valence-electron chi connectivity index (χ2n) is 3.93. The Morgan fingerprint density at radius 3 is 2.65 bits per heavy atom. The van der Waals surface area contributed by atoms with Crippen LogP contribution >= 0.6 is 11.3 Å². The second-order valence-corrected chi connectivity index (χ2v) is 5.13. The lowest BCUT2D eigenvalue weighted by molar-refractivity contribution is 0.0695. The summed E-state index contributed by atoms with van der Waals surface area (Å²) in [4.78, 5) is 25.0. The lowest BCUT2D eigenvalue weighted by Gasteiger charge is -2.06. The molecule has 0 fully saturated rings. The molecule has 1 N–H and O–H groups in total. The van der Waals surface area contributed by atoms with Crippen LogP contribution in [0.25, 0.3) is 10.2 Å². The number of hydrogen-bond acceptors (Lipinski definition) is 3. The smallest absolute Gasteiger partial charge is 0.341 e. The van der Waals surface area contributed by atoms with E-state index in [4.69, 9.17) is 5.11 Å². The molecule has 0 unspecified atom stereocenters. The Labute approximate surface area is 102 Å². The van der Waals surface area contributed by atoms with E-state index < -0.39 is 5.97 Å². The Bertz CT molecular complexity index is 666. The van der Waals surface area contributed by atoms with Crippen molar-refractivity contribution in [3.8, 4) is 0 Å². The molecule has 0 aliphatic heterocycles. The van der Waals surface area contributed by atoms with E-state index in [1.165, 1.54) is 17.5 Å². The third kappa shape index (κ3) is 1.67. The highest BCUT2D eigenvalue weighted by Gasteiger charge is 2.18. The molecule has 0 amide bonds. The van der Waals surface area contributed by atoms with Gasteiger partial charge in [-0.05, 0) is 26.3 Å². The van der Waals surface area contributed by atoms with Gasteiger partial charge in [0.15, 0.2) is 0 Å². The van der Waals surface area contributed by atoms with Crippen LogP contribution in [0.15, 0.2) is 11.0 Å². The topological polar surface area (TPSA) is 59.3 Å². The van der Waals surface area contributed by atoms with Crippen LogP contribution in [0, 0.1) is 13.8 Å². The van der Waals surface area contributed by atoms with Gasteiger partial charge < -0.3 is 9.67 Å². The fourth-order valence-corrected chi connectivity index (χ4v) is 3.07. The van der Waals surface area contributed by atoms with Crippen molar-refractivity contribution in [2.24, 2.45) is 0 Å². The Kier molecular flexibility index (Phi) is 2.79. The van der Waals surface area contributed by atoms with E-state index in [1.54, 1.807) is 0 Å². The normalized spacial score (nSPS) is 11.0. The van der Waals surface area contributed by atoms with Gasteiger partial charge in [-0.25, -0.2) is 4.79 Å². The van der Waals surface area contributed by atoms with Gasteiger partial charge in [0.25, 0.3) is 0 Å². The molecule has 2 aromatic rings. The number of aryl methyl sites for hydroxylation is 3. The first-order valence-electron chi connectivity index (χ1n) is 5.33. The number of pyridine rings is 1. The summed E-state index contributed by atoms with van der Waals surface area (Å²) in [7, 11) is 0. The summed E-state index contributed by atoms with van der Waals surface area (Å²) in [6.07, 6.45) is 1.43. The fraction of sp³-hybridized carbons (Fsp3) is 0.333. The number of hydrogen-bond donors (Lipinski definition) is 1. The van der Waals surface area contributed by atoms with E-state index in [0.717, 1.165) is 15.3 Å². The standard InChI is InChI=1S/C12H13NO3S/c1-4-13-5-8(12(15)16)10(14)9-6(2)7(3)17-11(9)13/h5H,4H2,1-3H3,(H,15,16). The Hall–Kier alpha value is -1.62. The van der Waals surface area contributed by atoms with Crippen molar-refractivity contribution >= 4 is 27.5 Å². The number of thiophene rings is 1. The zero-order valence-corrected chi connectivity index (χ0v) is 10.7. The number of carbonyl (C=O) groups is 1. The van der Waals surface area contributed by atoms with Crippen molar-refractivity contribution in [1.29, 1.82) is 0 Å². The third-order valence-electron chi connectivity index (χ3n) is 2.96. The quantitative estimate of drug-likeness (QED) is 0.891. The molecule has 0 saturated heterocycles. The lowest BCUT2D eigenvalue weighted by Crippen LogP contribution is -2.18. The predicted octanol–water partition coefficient (Wildman–Crippen LogP) is 2.40. The number of aromatic carboxylic acids is 1. The van der Waals surface area contributed by atoms with Gasteiger partial charge in [0.05, 0.1) is 5.39 Å². The van der Waals surface area contributed by atoms with Crippen molar-refractivity contribution in [2.45, 2.75) is 27.3 Å². The second kappa shape index (κ2) is 4.00. The summed E-state index contributed by atoms with van der Waals surface area (Å²) in [5.41, 5.74) is 0.361. The number of nitrogens with zero attached hydrogens (tertiary/aromatic N) is 1. The maximum atomic E-state index is 12.1. The molecule has 17 heavy (non-hydrogen) atoms. The minimum absolute atomic E-state index is 0.153. The minimum atomic E-state index is -1.16. The molecule has 0 bridgehead atoms. The predicted molar refractivity (Wildman–Crippen MR) is 68.2 cm³/mol. The van der Waals surface area contributed by atoms with E-state index in [2.05, 4.69) is 0 Å². The van der Waals surface area contributed by atoms with Crippen LogP contribution < -0.4 is 5.43 Å². The highest BCUT2D eigenvalue weighted by atomic mass is 32.1. The fourth-order valence-electron chi connectivity index (χ4n) is 1.87. The Balaban J connectivity index is 3.01. The molecule has 0 atom stereocenters. The lowest BCUT2D eigenvalue weighted by atomic mass is 10.1. The summed E-state index contributed by atoms with van der Waals surface area (Å²) >= 11 is 1.53.